The molecule has 1 saturated heterocycles. The molecule has 0 amide bonds. The Morgan fingerprint density at radius 1 is 1.58 bits per heavy atom. The van der Waals surface area contributed by atoms with Gasteiger partial charge in [0.25, 0.3) is 0 Å². The molecule has 1 rings (SSSR count). The number of hydrogen-bond donors (Lipinski definition) is 1. The van der Waals surface area contributed by atoms with Gasteiger partial charge in [0.05, 0.1) is 5.88 Å². The minimum absolute atomic E-state index is 0.362. The maximum absolute atomic E-state index is 9.00. The van der Waals surface area contributed by atoms with Crippen molar-refractivity contribution in [3.8, 4) is 0 Å². The summed E-state index contributed by atoms with van der Waals surface area (Å²) in [5.74, 6) is 1.64. The number of hydrogen-bond acceptors (Lipinski definition) is 4. The summed E-state index contributed by atoms with van der Waals surface area (Å²) in [6, 6.07) is 0. The monoisotopic (exact) mass is 207 g/mol. The van der Waals surface area contributed by atoms with Crippen LogP contribution in [0.15, 0.2) is 0 Å². The molecule has 0 saturated carbocycles. The lowest BCUT2D eigenvalue weighted by molar-refractivity contribution is 0.135. The van der Waals surface area contributed by atoms with Crippen LogP contribution in [-0.2, 0) is 0 Å². The molecule has 0 aromatic rings. The largest absolute Gasteiger partial charge is 0.396 e. The minimum Gasteiger partial charge on any atom is -0.396 e. The van der Waals surface area contributed by atoms with Crippen LogP contribution >= 0.6 is 21.6 Å². The quantitative estimate of drug-likeness (QED) is 0.708. The van der Waals surface area contributed by atoms with Crippen molar-refractivity contribution >= 4 is 21.6 Å². The molecule has 0 aliphatic carbocycles. The van der Waals surface area contributed by atoms with E-state index >= 15 is 0 Å². The van der Waals surface area contributed by atoms with Crippen molar-refractivity contribution in [3.63, 3.8) is 0 Å². The van der Waals surface area contributed by atoms with E-state index in [1.807, 2.05) is 21.6 Å². The summed E-state index contributed by atoms with van der Waals surface area (Å²) in [5, 5.41) is 9.00. The third kappa shape index (κ3) is 3.56. The van der Waals surface area contributed by atoms with Crippen LogP contribution < -0.4 is 0 Å². The van der Waals surface area contributed by atoms with E-state index in [-0.39, 0.29) is 0 Å². The first kappa shape index (κ1) is 10.7. The van der Waals surface area contributed by atoms with Gasteiger partial charge < -0.3 is 5.11 Å². The van der Waals surface area contributed by atoms with Crippen molar-refractivity contribution in [2.45, 2.75) is 12.8 Å². The molecule has 0 spiro atoms. The predicted octanol–water partition coefficient (Wildman–Crippen LogP) is 1.66. The molecule has 72 valence electrons. The van der Waals surface area contributed by atoms with Crippen LogP contribution in [0.5, 0.6) is 0 Å². The molecule has 0 radical (unpaired) electrons. The van der Waals surface area contributed by atoms with Gasteiger partial charge in [0, 0.05) is 13.2 Å². The Morgan fingerprint density at radius 3 is 3.08 bits per heavy atom. The van der Waals surface area contributed by atoms with Crippen molar-refractivity contribution in [2.24, 2.45) is 5.92 Å². The second kappa shape index (κ2) is 6.13. The number of aliphatic hydroxyl groups excluding tert-OH is 1. The number of nitrogens with zero attached hydrogens (tertiary/aromatic N) is 1. The second-order valence-corrected chi connectivity index (χ2v) is 5.72. The molecule has 2 nitrogen and oxygen atoms in total. The summed E-state index contributed by atoms with van der Waals surface area (Å²) in [4.78, 5) is 2.44. The molecule has 1 heterocycles. The molecule has 1 N–H and O–H groups in total. The molecule has 1 atom stereocenters. The Kier molecular flexibility index (Phi) is 5.47. The second-order valence-electron chi connectivity index (χ2n) is 3.18. The van der Waals surface area contributed by atoms with Gasteiger partial charge in [-0.15, -0.1) is 0 Å². The van der Waals surface area contributed by atoms with E-state index in [1.165, 1.54) is 19.4 Å². The number of rotatable bonds is 4. The van der Waals surface area contributed by atoms with E-state index in [1.54, 1.807) is 0 Å². The van der Waals surface area contributed by atoms with E-state index in [9.17, 15) is 0 Å². The van der Waals surface area contributed by atoms with Gasteiger partial charge >= 0.3 is 0 Å². The molecule has 1 aliphatic heterocycles. The van der Waals surface area contributed by atoms with E-state index < -0.39 is 0 Å². The highest BCUT2D eigenvalue weighted by Crippen LogP contribution is 2.22. The van der Waals surface area contributed by atoms with Crippen molar-refractivity contribution in [2.75, 3.05) is 31.8 Å². The lowest BCUT2D eigenvalue weighted by Gasteiger charge is -2.30. The average Bonchev–Trinajstić information content (AvgIpc) is 2.15. The molecule has 0 aromatic heterocycles. The van der Waals surface area contributed by atoms with Gasteiger partial charge in [0.15, 0.2) is 0 Å². The number of likely N-dealkylation sites (tertiary alicyclic amines) is 1. The van der Waals surface area contributed by atoms with Crippen LogP contribution in [0, 0.1) is 5.92 Å². The first-order valence-electron chi connectivity index (χ1n) is 4.35. The Balaban J connectivity index is 2.16. The first-order valence-corrected chi connectivity index (χ1v) is 7.08. The molecule has 12 heavy (non-hydrogen) atoms. The maximum Gasteiger partial charge on any atom is 0.0548 e. The highest BCUT2D eigenvalue weighted by atomic mass is 33.1. The zero-order chi connectivity index (χ0) is 8.81. The molecule has 0 aromatic carbocycles. The van der Waals surface area contributed by atoms with Crippen LogP contribution in [-0.4, -0.2) is 41.8 Å². The molecular weight excluding hydrogens is 190 g/mol. The fourth-order valence-corrected chi connectivity index (χ4v) is 2.80. The Bertz CT molecular complexity index is 124. The topological polar surface area (TPSA) is 23.5 Å². The SMILES string of the molecule is CSSCN1CCCC(CO)C1. The highest BCUT2D eigenvalue weighted by molar-refractivity contribution is 8.76. The fourth-order valence-electron chi connectivity index (χ4n) is 1.54. The third-order valence-electron chi connectivity index (χ3n) is 2.21. The standard InChI is InChI=1S/C8H17NOS2/c1-11-12-7-9-4-2-3-8(5-9)6-10/h8,10H,2-7H2,1H3. The summed E-state index contributed by atoms with van der Waals surface area (Å²) in [6.45, 7) is 2.66. The van der Waals surface area contributed by atoms with Crippen molar-refractivity contribution < 1.29 is 5.11 Å². The van der Waals surface area contributed by atoms with E-state index in [2.05, 4.69) is 11.2 Å². The molecule has 4 heteroatoms. The van der Waals surface area contributed by atoms with E-state index in [0.29, 0.717) is 12.5 Å². The number of aliphatic hydroxyl groups is 1. The Hall–Kier alpha value is 0.620. The minimum atomic E-state index is 0.362. The lowest BCUT2D eigenvalue weighted by atomic mass is 10.00. The van der Waals surface area contributed by atoms with Gasteiger partial charge in [0.2, 0.25) is 0 Å². The fraction of sp³-hybridized carbons (Fsp3) is 1.00. The molecule has 1 fully saturated rings. The number of piperidine rings is 1. The van der Waals surface area contributed by atoms with Gasteiger partial charge in [-0.25, -0.2) is 0 Å². The Morgan fingerprint density at radius 2 is 2.42 bits per heavy atom. The van der Waals surface area contributed by atoms with Gasteiger partial charge in [-0.2, -0.15) is 0 Å². The van der Waals surface area contributed by atoms with Gasteiger partial charge in [-0.05, 0) is 31.6 Å². The Labute approximate surface area is 82.5 Å². The smallest absolute Gasteiger partial charge is 0.0548 e. The van der Waals surface area contributed by atoms with Gasteiger partial charge in [-0.3, -0.25) is 4.90 Å². The van der Waals surface area contributed by atoms with Crippen LogP contribution in [0.3, 0.4) is 0 Å². The lowest BCUT2D eigenvalue weighted by Crippen LogP contribution is -2.36. The van der Waals surface area contributed by atoms with Crippen molar-refractivity contribution in [3.05, 3.63) is 0 Å². The van der Waals surface area contributed by atoms with Crippen molar-refractivity contribution in [1.29, 1.82) is 0 Å². The summed E-state index contributed by atoms with van der Waals surface area (Å²) < 4.78 is 0. The van der Waals surface area contributed by atoms with Crippen LogP contribution in [0.1, 0.15) is 12.8 Å². The maximum atomic E-state index is 9.00. The van der Waals surface area contributed by atoms with Crippen LogP contribution in [0.25, 0.3) is 0 Å². The molecule has 1 aliphatic rings. The zero-order valence-electron chi connectivity index (χ0n) is 7.53. The summed E-state index contributed by atoms with van der Waals surface area (Å²) >= 11 is 0. The highest BCUT2D eigenvalue weighted by Gasteiger charge is 2.18. The first-order chi connectivity index (χ1) is 5.86. The summed E-state index contributed by atoms with van der Waals surface area (Å²) in [5.41, 5.74) is 0. The summed E-state index contributed by atoms with van der Waals surface area (Å²) in [7, 11) is 3.70. The van der Waals surface area contributed by atoms with E-state index in [0.717, 1.165) is 12.4 Å². The van der Waals surface area contributed by atoms with E-state index in [4.69, 9.17) is 5.11 Å². The normalized spacial score (nSPS) is 26.0. The average molecular weight is 207 g/mol. The third-order valence-corrected chi connectivity index (χ3v) is 3.94. The van der Waals surface area contributed by atoms with Crippen LogP contribution in [0.2, 0.25) is 0 Å². The predicted molar refractivity (Wildman–Crippen MR) is 57.4 cm³/mol. The van der Waals surface area contributed by atoms with Gasteiger partial charge in [0.1, 0.15) is 0 Å². The van der Waals surface area contributed by atoms with Crippen molar-refractivity contribution in [1.82, 2.24) is 4.90 Å². The molecule has 1 unspecified atom stereocenters. The molecule has 0 bridgehead atoms. The molecular formula is C8H17NOS2. The van der Waals surface area contributed by atoms with Crippen LogP contribution in [0.4, 0.5) is 0 Å². The zero-order valence-corrected chi connectivity index (χ0v) is 9.16. The summed E-state index contributed by atoms with van der Waals surface area (Å²) in [6.07, 6.45) is 4.56. The van der Waals surface area contributed by atoms with Gasteiger partial charge in [-0.1, -0.05) is 21.6 Å².